The number of hydrogen-bond acceptors (Lipinski definition) is 8. The Kier molecular flexibility index (Phi) is 9.62. The highest BCUT2D eigenvalue weighted by Gasteiger charge is 2.33. The molecule has 1 aliphatic rings. The Balaban J connectivity index is 1.85. The van der Waals surface area contributed by atoms with Crippen LogP contribution in [0.15, 0.2) is 36.5 Å². The molecule has 236 valence electrons. The van der Waals surface area contributed by atoms with Gasteiger partial charge < -0.3 is 24.4 Å². The number of rotatable bonds is 7. The highest BCUT2D eigenvalue weighted by molar-refractivity contribution is 5.98. The van der Waals surface area contributed by atoms with E-state index in [9.17, 15) is 14.9 Å². The zero-order valence-corrected chi connectivity index (χ0v) is 27.1. The van der Waals surface area contributed by atoms with Gasteiger partial charge in [-0.3, -0.25) is 0 Å². The van der Waals surface area contributed by atoms with Crippen LogP contribution in [0.4, 0.5) is 26.8 Å². The van der Waals surface area contributed by atoms with Gasteiger partial charge in [-0.05, 0) is 98.1 Å². The summed E-state index contributed by atoms with van der Waals surface area (Å²) in [6.07, 6.45) is 2.71. The third-order valence-electron chi connectivity index (χ3n) is 7.00. The van der Waals surface area contributed by atoms with E-state index >= 15 is 0 Å². The minimum Gasteiger partial charge on any atom is -0.494 e. The molecule has 0 bridgehead atoms. The van der Waals surface area contributed by atoms with Crippen LogP contribution in [0.3, 0.4) is 0 Å². The number of amides is 2. The summed E-state index contributed by atoms with van der Waals surface area (Å²) >= 11 is 0. The average molecular weight is 605 g/mol. The van der Waals surface area contributed by atoms with Crippen molar-refractivity contribution in [3.63, 3.8) is 0 Å². The number of anilines is 3. The molecule has 3 heterocycles. The predicted molar refractivity (Wildman–Crippen MR) is 170 cm³/mol. The molecule has 1 atom stereocenters. The monoisotopic (exact) mass is 604 g/mol. The van der Waals surface area contributed by atoms with Gasteiger partial charge in [-0.15, -0.1) is 0 Å². The molecule has 1 aliphatic heterocycles. The van der Waals surface area contributed by atoms with E-state index in [0.29, 0.717) is 65.7 Å². The summed E-state index contributed by atoms with van der Waals surface area (Å²) in [5, 5.41) is 18.6. The first-order valence-corrected chi connectivity index (χ1v) is 15.2. The van der Waals surface area contributed by atoms with Gasteiger partial charge in [0.25, 0.3) is 0 Å². The number of pyridine rings is 1. The van der Waals surface area contributed by atoms with Gasteiger partial charge in [-0.2, -0.15) is 10.4 Å². The van der Waals surface area contributed by atoms with Gasteiger partial charge in [0.05, 0.1) is 29.7 Å². The zero-order chi connectivity index (χ0) is 32.2. The number of nitrogens with one attached hydrogen (secondary N) is 1. The third kappa shape index (κ3) is 7.36. The largest absolute Gasteiger partial charge is 0.494 e. The second kappa shape index (κ2) is 13.0. The fourth-order valence-electron chi connectivity index (χ4n) is 5.29. The smallest absolute Gasteiger partial charge is 0.420 e. The predicted octanol–water partition coefficient (Wildman–Crippen LogP) is 7.05. The number of nitriles is 1. The van der Waals surface area contributed by atoms with Crippen molar-refractivity contribution in [3.05, 3.63) is 47.7 Å². The van der Waals surface area contributed by atoms with Crippen LogP contribution in [0, 0.1) is 11.3 Å². The first kappa shape index (κ1) is 32.5. The summed E-state index contributed by atoms with van der Waals surface area (Å²) in [5.74, 6) is 1.14. The first-order valence-electron chi connectivity index (χ1n) is 15.2. The van der Waals surface area contributed by atoms with E-state index in [1.807, 2.05) is 55.4 Å². The SMILES string of the molecule is CCOc1ccc(N(C(=O)OC(C)(C)C)c2c(CC)c(N[C@H]3CCCN(C(=O)OC(C)(C)C)C3)c(C#N)c3ccnn23)cc1. The van der Waals surface area contributed by atoms with Crippen molar-refractivity contribution in [1.29, 1.82) is 5.26 Å². The Labute approximate surface area is 259 Å². The molecule has 11 nitrogen and oxygen atoms in total. The van der Waals surface area contributed by atoms with E-state index in [1.165, 1.54) is 4.90 Å². The fourth-order valence-corrected chi connectivity index (χ4v) is 5.29. The first-order chi connectivity index (χ1) is 20.8. The van der Waals surface area contributed by atoms with E-state index in [4.69, 9.17) is 14.2 Å². The Morgan fingerprint density at radius 1 is 1.07 bits per heavy atom. The van der Waals surface area contributed by atoms with Crippen molar-refractivity contribution >= 4 is 34.9 Å². The number of hydrogen-bond donors (Lipinski definition) is 1. The van der Waals surface area contributed by atoms with Crippen molar-refractivity contribution in [3.8, 4) is 11.8 Å². The molecule has 0 unspecified atom stereocenters. The van der Waals surface area contributed by atoms with Gasteiger partial charge in [0.1, 0.15) is 34.4 Å². The van der Waals surface area contributed by atoms with Crippen LogP contribution in [0.25, 0.3) is 5.52 Å². The Bertz CT molecular complexity index is 1530. The maximum atomic E-state index is 14.0. The van der Waals surface area contributed by atoms with Gasteiger partial charge >= 0.3 is 12.2 Å². The summed E-state index contributed by atoms with van der Waals surface area (Å²) in [5.41, 5.74) is 1.46. The van der Waals surface area contributed by atoms with Gasteiger partial charge in [-0.1, -0.05) is 6.92 Å². The molecular formula is C33H44N6O5. The summed E-state index contributed by atoms with van der Waals surface area (Å²) in [4.78, 5) is 30.1. The van der Waals surface area contributed by atoms with Crippen molar-refractivity contribution in [1.82, 2.24) is 14.5 Å². The van der Waals surface area contributed by atoms with Crippen LogP contribution in [0.2, 0.25) is 0 Å². The molecule has 0 radical (unpaired) electrons. The number of fused-ring (bicyclic) bond motifs is 1. The normalized spacial score (nSPS) is 15.4. The molecule has 1 N–H and O–H groups in total. The van der Waals surface area contributed by atoms with Gasteiger partial charge in [-0.25, -0.2) is 19.0 Å². The van der Waals surface area contributed by atoms with Crippen molar-refractivity contribution < 1.29 is 23.8 Å². The highest BCUT2D eigenvalue weighted by atomic mass is 16.6. The molecule has 11 heteroatoms. The maximum Gasteiger partial charge on any atom is 0.420 e. The molecule has 0 spiro atoms. The highest BCUT2D eigenvalue weighted by Crippen LogP contribution is 2.39. The lowest BCUT2D eigenvalue weighted by Gasteiger charge is -2.36. The third-order valence-corrected chi connectivity index (χ3v) is 7.00. The molecule has 44 heavy (non-hydrogen) atoms. The lowest BCUT2D eigenvalue weighted by Crippen LogP contribution is -2.47. The second-order valence-electron chi connectivity index (χ2n) is 12.8. The Hall–Kier alpha value is -4.46. The molecule has 1 saturated heterocycles. The minimum atomic E-state index is -0.767. The van der Waals surface area contributed by atoms with Crippen LogP contribution in [-0.4, -0.2) is 63.6 Å². The number of carbonyl (C=O) groups excluding carboxylic acids is 2. The van der Waals surface area contributed by atoms with E-state index in [2.05, 4.69) is 16.5 Å². The number of likely N-dealkylation sites (tertiary alicyclic amines) is 1. The second-order valence-corrected chi connectivity index (χ2v) is 12.8. The van der Waals surface area contributed by atoms with Gasteiger partial charge in [0, 0.05) is 24.7 Å². The standard InChI is InChI=1S/C33H44N6O5/c1-9-25-28(36-22-12-11-19-37(21-22)30(40)43-32(3,4)5)26(20-34)27-17-18-35-39(27)29(25)38(31(41)44-33(6,7)8)23-13-15-24(16-14-23)42-10-2/h13-18,22,36H,9-12,19,21H2,1-8H3/t22-/m0/s1. The Morgan fingerprint density at radius 3 is 2.34 bits per heavy atom. The van der Waals surface area contributed by atoms with Crippen LogP contribution in [-0.2, 0) is 15.9 Å². The molecule has 2 amide bonds. The van der Waals surface area contributed by atoms with Crippen LogP contribution >= 0.6 is 0 Å². The van der Waals surface area contributed by atoms with E-state index in [0.717, 1.165) is 12.8 Å². The lowest BCUT2D eigenvalue weighted by atomic mass is 10.0. The molecular weight excluding hydrogens is 560 g/mol. The summed E-state index contributed by atoms with van der Waals surface area (Å²) in [6, 6.07) is 11.2. The van der Waals surface area contributed by atoms with E-state index < -0.39 is 17.3 Å². The maximum absolute atomic E-state index is 14.0. The number of piperidine rings is 1. The van der Waals surface area contributed by atoms with Crippen LogP contribution in [0.5, 0.6) is 5.75 Å². The molecule has 0 aliphatic carbocycles. The molecule has 4 rings (SSSR count). The summed E-state index contributed by atoms with van der Waals surface area (Å²) in [7, 11) is 0. The molecule has 2 aromatic heterocycles. The quantitative estimate of drug-likeness (QED) is 0.304. The van der Waals surface area contributed by atoms with Crippen LogP contribution < -0.4 is 15.0 Å². The van der Waals surface area contributed by atoms with Crippen molar-refractivity contribution in [2.24, 2.45) is 0 Å². The minimum absolute atomic E-state index is 0.146. The van der Waals surface area contributed by atoms with E-state index in [-0.39, 0.29) is 12.1 Å². The molecule has 1 aromatic carbocycles. The molecule has 0 saturated carbocycles. The van der Waals surface area contributed by atoms with E-state index in [1.54, 1.807) is 45.9 Å². The van der Waals surface area contributed by atoms with Gasteiger partial charge in [0.2, 0.25) is 0 Å². The molecule has 3 aromatic rings. The van der Waals surface area contributed by atoms with Crippen molar-refractivity contribution in [2.75, 3.05) is 29.9 Å². The van der Waals surface area contributed by atoms with Gasteiger partial charge in [0.15, 0.2) is 0 Å². The van der Waals surface area contributed by atoms with Crippen molar-refractivity contribution in [2.45, 2.75) is 91.9 Å². The lowest BCUT2D eigenvalue weighted by molar-refractivity contribution is 0.0206. The number of nitrogens with zero attached hydrogens (tertiary/aromatic N) is 5. The number of carbonyl (C=O) groups is 2. The topological polar surface area (TPSA) is 121 Å². The summed E-state index contributed by atoms with van der Waals surface area (Å²) in [6.45, 7) is 16.4. The summed E-state index contributed by atoms with van der Waals surface area (Å²) < 4.78 is 18.8. The molecule has 1 fully saturated rings. The Morgan fingerprint density at radius 2 is 1.75 bits per heavy atom. The fraction of sp³-hybridized carbons (Fsp3) is 0.515. The number of ether oxygens (including phenoxy) is 3. The average Bonchev–Trinajstić information content (AvgIpc) is 3.42. The zero-order valence-electron chi connectivity index (χ0n) is 27.1. The van der Waals surface area contributed by atoms with Crippen LogP contribution in [0.1, 0.15) is 79.4 Å². The number of aromatic nitrogens is 2. The number of benzene rings is 1.